The van der Waals surface area contributed by atoms with Crippen LogP contribution in [-0.2, 0) is 7.05 Å². The van der Waals surface area contributed by atoms with Gasteiger partial charge in [-0.05, 0) is 25.5 Å². The van der Waals surface area contributed by atoms with Crippen molar-refractivity contribution in [1.29, 1.82) is 5.26 Å². The second-order valence-electron chi connectivity index (χ2n) is 6.99. The van der Waals surface area contributed by atoms with Crippen LogP contribution in [0.1, 0.15) is 29.4 Å². The molecule has 2 unspecified atom stereocenters. The van der Waals surface area contributed by atoms with Gasteiger partial charge >= 0.3 is 0 Å². The SMILES string of the molecule is Cc1nc(OCC2CC2c2ccccn2)c(C#N)c(N(C)c2cnn(C)c2)n1. The van der Waals surface area contributed by atoms with Crippen molar-refractivity contribution < 1.29 is 4.74 Å². The van der Waals surface area contributed by atoms with Crippen molar-refractivity contribution in [2.45, 2.75) is 19.3 Å². The van der Waals surface area contributed by atoms with E-state index in [4.69, 9.17) is 4.74 Å². The Kier molecular flexibility index (Phi) is 4.65. The van der Waals surface area contributed by atoms with Crippen molar-refractivity contribution in [3.8, 4) is 11.9 Å². The molecule has 0 aliphatic heterocycles. The monoisotopic (exact) mass is 375 g/mol. The second kappa shape index (κ2) is 7.27. The molecule has 0 N–H and O–H groups in total. The van der Waals surface area contributed by atoms with E-state index in [0.717, 1.165) is 17.8 Å². The minimum atomic E-state index is 0.326. The number of hydrogen-bond acceptors (Lipinski definition) is 7. The zero-order valence-corrected chi connectivity index (χ0v) is 16.1. The Hall–Kier alpha value is -3.47. The van der Waals surface area contributed by atoms with E-state index in [1.165, 1.54) is 0 Å². The highest BCUT2D eigenvalue weighted by molar-refractivity contribution is 5.66. The number of nitrogens with zero attached hydrogens (tertiary/aromatic N) is 7. The molecule has 3 heterocycles. The molecule has 2 atom stereocenters. The molecule has 1 fully saturated rings. The van der Waals surface area contributed by atoms with Gasteiger partial charge in [0.05, 0.1) is 18.5 Å². The van der Waals surface area contributed by atoms with E-state index in [1.54, 1.807) is 17.8 Å². The normalized spacial score (nSPS) is 17.8. The Labute approximate surface area is 163 Å². The van der Waals surface area contributed by atoms with E-state index in [-0.39, 0.29) is 0 Å². The van der Waals surface area contributed by atoms with Crippen LogP contribution in [0.15, 0.2) is 36.8 Å². The molecule has 8 nitrogen and oxygen atoms in total. The van der Waals surface area contributed by atoms with Crippen molar-refractivity contribution >= 4 is 11.5 Å². The van der Waals surface area contributed by atoms with E-state index in [9.17, 15) is 5.26 Å². The summed E-state index contributed by atoms with van der Waals surface area (Å²) in [5.41, 5.74) is 2.25. The molecule has 3 aromatic heterocycles. The standard InChI is InChI=1S/C20H21N7O/c1-13-24-19(27(3)15-10-23-26(2)11-15)17(9-21)20(25-13)28-12-14-8-16(14)18-6-4-5-7-22-18/h4-7,10-11,14,16H,8,12H2,1-3H3. The number of ether oxygens (including phenoxy) is 1. The lowest BCUT2D eigenvalue weighted by atomic mass is 10.2. The van der Waals surface area contributed by atoms with Gasteiger partial charge in [-0.3, -0.25) is 9.67 Å². The number of nitriles is 1. The maximum atomic E-state index is 9.73. The predicted octanol–water partition coefficient (Wildman–Crippen LogP) is 2.74. The Morgan fingerprint density at radius 1 is 1.36 bits per heavy atom. The van der Waals surface area contributed by atoms with Gasteiger partial charge in [-0.1, -0.05) is 6.07 Å². The quantitative estimate of drug-likeness (QED) is 0.654. The average Bonchev–Trinajstić information content (AvgIpc) is 3.36. The van der Waals surface area contributed by atoms with E-state index in [0.29, 0.717) is 41.5 Å². The molecule has 142 valence electrons. The maximum Gasteiger partial charge on any atom is 0.237 e. The summed E-state index contributed by atoms with van der Waals surface area (Å²) in [7, 11) is 3.69. The average molecular weight is 375 g/mol. The molecule has 4 rings (SSSR count). The van der Waals surface area contributed by atoms with Crippen molar-refractivity contribution in [3.63, 3.8) is 0 Å². The fraction of sp³-hybridized carbons (Fsp3) is 0.350. The first-order chi connectivity index (χ1) is 13.6. The third kappa shape index (κ3) is 3.51. The molecule has 3 aromatic rings. The molecule has 28 heavy (non-hydrogen) atoms. The first-order valence-corrected chi connectivity index (χ1v) is 9.11. The maximum absolute atomic E-state index is 9.73. The summed E-state index contributed by atoms with van der Waals surface area (Å²) >= 11 is 0. The van der Waals surface area contributed by atoms with Gasteiger partial charge in [-0.2, -0.15) is 15.3 Å². The van der Waals surface area contributed by atoms with Crippen LogP contribution >= 0.6 is 0 Å². The number of aromatic nitrogens is 5. The molecule has 0 spiro atoms. The first-order valence-electron chi connectivity index (χ1n) is 9.11. The van der Waals surface area contributed by atoms with Crippen molar-refractivity contribution in [2.24, 2.45) is 13.0 Å². The Bertz CT molecular complexity index is 1020. The Morgan fingerprint density at radius 3 is 2.89 bits per heavy atom. The van der Waals surface area contributed by atoms with Crippen LogP contribution in [-0.4, -0.2) is 38.4 Å². The van der Waals surface area contributed by atoms with Crippen LogP contribution in [0.2, 0.25) is 0 Å². The van der Waals surface area contributed by atoms with Crippen LogP contribution in [0.3, 0.4) is 0 Å². The van der Waals surface area contributed by atoms with Crippen LogP contribution in [0.25, 0.3) is 0 Å². The summed E-state index contributed by atoms with van der Waals surface area (Å²) in [4.78, 5) is 15.1. The molecule has 1 aliphatic rings. The zero-order chi connectivity index (χ0) is 19.7. The van der Waals surface area contributed by atoms with Crippen molar-refractivity contribution in [2.75, 3.05) is 18.6 Å². The van der Waals surface area contributed by atoms with Crippen LogP contribution < -0.4 is 9.64 Å². The third-order valence-electron chi connectivity index (χ3n) is 4.90. The summed E-state index contributed by atoms with van der Waals surface area (Å²) in [6, 6.07) is 8.17. The number of aryl methyl sites for hydroxylation is 2. The molecule has 0 amide bonds. The van der Waals surface area contributed by atoms with Crippen LogP contribution in [0, 0.1) is 24.2 Å². The minimum absolute atomic E-state index is 0.326. The van der Waals surface area contributed by atoms with Gasteiger partial charge in [-0.15, -0.1) is 0 Å². The van der Waals surface area contributed by atoms with Crippen molar-refractivity contribution in [3.05, 3.63) is 53.9 Å². The number of pyridine rings is 1. The van der Waals surface area contributed by atoms with Gasteiger partial charge in [0.25, 0.3) is 0 Å². The lowest BCUT2D eigenvalue weighted by molar-refractivity contribution is 0.283. The zero-order valence-electron chi connectivity index (χ0n) is 16.1. The first kappa shape index (κ1) is 17.9. The number of hydrogen-bond donors (Lipinski definition) is 0. The molecular weight excluding hydrogens is 354 g/mol. The largest absolute Gasteiger partial charge is 0.476 e. The molecule has 0 aromatic carbocycles. The highest BCUT2D eigenvalue weighted by atomic mass is 16.5. The van der Waals surface area contributed by atoms with E-state index in [1.807, 2.05) is 49.6 Å². The van der Waals surface area contributed by atoms with Gasteiger partial charge in [0.15, 0.2) is 11.4 Å². The fourth-order valence-corrected chi connectivity index (χ4v) is 3.26. The highest BCUT2D eigenvalue weighted by Crippen LogP contribution is 2.46. The second-order valence-corrected chi connectivity index (χ2v) is 6.99. The molecular formula is C20H21N7O. The lowest BCUT2D eigenvalue weighted by Gasteiger charge is -2.19. The third-order valence-corrected chi connectivity index (χ3v) is 4.90. The molecule has 0 radical (unpaired) electrons. The number of anilines is 2. The summed E-state index contributed by atoms with van der Waals surface area (Å²) in [6.07, 6.45) is 6.43. The topological polar surface area (TPSA) is 92.8 Å². The molecule has 1 saturated carbocycles. The Balaban J connectivity index is 1.53. The van der Waals surface area contributed by atoms with Crippen LogP contribution in [0.5, 0.6) is 5.88 Å². The molecule has 8 heteroatoms. The Morgan fingerprint density at radius 2 is 2.21 bits per heavy atom. The summed E-state index contributed by atoms with van der Waals surface area (Å²) in [5.74, 6) is 2.18. The van der Waals surface area contributed by atoms with Gasteiger partial charge < -0.3 is 9.64 Å². The summed E-state index contributed by atoms with van der Waals surface area (Å²) in [5, 5.41) is 13.9. The van der Waals surface area contributed by atoms with Gasteiger partial charge in [0.1, 0.15) is 11.9 Å². The summed E-state index contributed by atoms with van der Waals surface area (Å²) in [6.45, 7) is 2.30. The molecule has 0 saturated heterocycles. The lowest BCUT2D eigenvalue weighted by Crippen LogP contribution is -2.15. The predicted molar refractivity (Wildman–Crippen MR) is 103 cm³/mol. The van der Waals surface area contributed by atoms with Gasteiger partial charge in [0.2, 0.25) is 5.88 Å². The minimum Gasteiger partial charge on any atom is -0.476 e. The molecule has 0 bridgehead atoms. The molecule has 1 aliphatic carbocycles. The highest BCUT2D eigenvalue weighted by Gasteiger charge is 2.40. The van der Waals surface area contributed by atoms with Crippen molar-refractivity contribution in [1.82, 2.24) is 24.7 Å². The van der Waals surface area contributed by atoms with Gasteiger partial charge in [0, 0.05) is 44.0 Å². The van der Waals surface area contributed by atoms with Gasteiger partial charge in [-0.25, -0.2) is 4.98 Å². The summed E-state index contributed by atoms with van der Waals surface area (Å²) < 4.78 is 7.67. The van der Waals surface area contributed by atoms with E-state index in [2.05, 4.69) is 26.1 Å². The smallest absolute Gasteiger partial charge is 0.237 e. The fourth-order valence-electron chi connectivity index (χ4n) is 3.26. The van der Waals surface area contributed by atoms with Crippen LogP contribution in [0.4, 0.5) is 11.5 Å². The van der Waals surface area contributed by atoms with E-state index >= 15 is 0 Å². The van der Waals surface area contributed by atoms with E-state index < -0.39 is 0 Å². The number of rotatable bonds is 6.